The van der Waals surface area contributed by atoms with Gasteiger partial charge in [0.05, 0.1) is 24.2 Å². The SMILES string of the molecule is c1ccc2c(c1)ncn2-c1csc(N2CCOCC2)n1. The Bertz CT molecular complexity index is 729. The fourth-order valence-corrected chi connectivity index (χ4v) is 3.26. The molecule has 102 valence electrons. The molecule has 3 heterocycles. The molecular weight excluding hydrogens is 272 g/mol. The van der Waals surface area contributed by atoms with Crippen LogP contribution in [0.3, 0.4) is 0 Å². The molecule has 0 radical (unpaired) electrons. The second-order valence-electron chi connectivity index (χ2n) is 4.69. The van der Waals surface area contributed by atoms with Gasteiger partial charge in [0.2, 0.25) is 0 Å². The number of nitrogens with zero attached hydrogens (tertiary/aromatic N) is 4. The van der Waals surface area contributed by atoms with Crippen molar-refractivity contribution >= 4 is 27.5 Å². The summed E-state index contributed by atoms with van der Waals surface area (Å²) in [5.74, 6) is 0.935. The summed E-state index contributed by atoms with van der Waals surface area (Å²) < 4.78 is 7.42. The topological polar surface area (TPSA) is 43.2 Å². The summed E-state index contributed by atoms with van der Waals surface area (Å²) in [6, 6.07) is 8.10. The van der Waals surface area contributed by atoms with Crippen LogP contribution in [0.4, 0.5) is 5.13 Å². The second kappa shape index (κ2) is 4.88. The van der Waals surface area contributed by atoms with Crippen LogP contribution in [-0.2, 0) is 4.74 Å². The first-order valence-electron chi connectivity index (χ1n) is 6.62. The number of benzene rings is 1. The summed E-state index contributed by atoms with van der Waals surface area (Å²) in [4.78, 5) is 11.4. The van der Waals surface area contributed by atoms with Crippen molar-refractivity contribution in [2.75, 3.05) is 31.2 Å². The Kier molecular flexibility index (Phi) is 2.90. The second-order valence-corrected chi connectivity index (χ2v) is 5.53. The molecule has 0 atom stereocenters. The molecule has 0 spiro atoms. The van der Waals surface area contributed by atoms with Crippen molar-refractivity contribution in [1.29, 1.82) is 0 Å². The lowest BCUT2D eigenvalue weighted by atomic mass is 10.3. The molecule has 5 nitrogen and oxygen atoms in total. The van der Waals surface area contributed by atoms with Crippen molar-refractivity contribution in [3.63, 3.8) is 0 Å². The molecule has 6 heteroatoms. The average molecular weight is 286 g/mol. The van der Waals surface area contributed by atoms with E-state index in [-0.39, 0.29) is 0 Å². The van der Waals surface area contributed by atoms with Crippen LogP contribution in [0.2, 0.25) is 0 Å². The Morgan fingerprint density at radius 2 is 2.00 bits per heavy atom. The minimum Gasteiger partial charge on any atom is -0.378 e. The molecule has 1 saturated heterocycles. The number of hydrogen-bond donors (Lipinski definition) is 0. The summed E-state index contributed by atoms with van der Waals surface area (Å²) in [6.07, 6.45) is 1.84. The molecule has 3 aromatic rings. The van der Waals surface area contributed by atoms with E-state index in [1.54, 1.807) is 11.3 Å². The van der Waals surface area contributed by atoms with Crippen molar-refractivity contribution in [2.45, 2.75) is 0 Å². The number of rotatable bonds is 2. The number of aromatic nitrogens is 3. The van der Waals surface area contributed by atoms with Crippen LogP contribution in [0.25, 0.3) is 16.9 Å². The zero-order valence-electron chi connectivity index (χ0n) is 10.9. The van der Waals surface area contributed by atoms with Crippen molar-refractivity contribution in [3.8, 4) is 5.82 Å². The van der Waals surface area contributed by atoms with Gasteiger partial charge in [-0.1, -0.05) is 12.1 Å². The van der Waals surface area contributed by atoms with Gasteiger partial charge in [-0.3, -0.25) is 4.57 Å². The fourth-order valence-electron chi connectivity index (χ4n) is 2.41. The average Bonchev–Trinajstić information content (AvgIpc) is 3.14. The van der Waals surface area contributed by atoms with E-state index >= 15 is 0 Å². The van der Waals surface area contributed by atoms with Gasteiger partial charge in [-0.15, -0.1) is 11.3 Å². The molecule has 0 unspecified atom stereocenters. The zero-order chi connectivity index (χ0) is 13.4. The van der Waals surface area contributed by atoms with Crippen LogP contribution >= 0.6 is 11.3 Å². The van der Waals surface area contributed by atoms with Crippen LogP contribution < -0.4 is 4.90 Å². The third-order valence-electron chi connectivity index (χ3n) is 3.46. The molecule has 1 aromatic carbocycles. The third-order valence-corrected chi connectivity index (χ3v) is 4.35. The number of anilines is 1. The molecule has 2 aromatic heterocycles. The normalized spacial score (nSPS) is 15.9. The summed E-state index contributed by atoms with van der Waals surface area (Å²) in [5, 5.41) is 3.14. The molecule has 0 bridgehead atoms. The molecule has 1 fully saturated rings. The molecule has 4 rings (SSSR count). The van der Waals surface area contributed by atoms with Gasteiger partial charge in [0.15, 0.2) is 10.9 Å². The van der Waals surface area contributed by atoms with E-state index in [1.165, 1.54) is 0 Å². The Hall–Kier alpha value is -1.92. The van der Waals surface area contributed by atoms with E-state index in [1.807, 2.05) is 29.1 Å². The lowest BCUT2D eigenvalue weighted by Gasteiger charge is -2.25. The molecule has 0 aliphatic carbocycles. The number of hydrogen-bond acceptors (Lipinski definition) is 5. The number of imidazole rings is 1. The van der Waals surface area contributed by atoms with E-state index in [9.17, 15) is 0 Å². The van der Waals surface area contributed by atoms with Gasteiger partial charge in [0.1, 0.15) is 6.33 Å². The summed E-state index contributed by atoms with van der Waals surface area (Å²) in [7, 11) is 0. The van der Waals surface area contributed by atoms with Crippen LogP contribution in [-0.4, -0.2) is 40.8 Å². The Balaban J connectivity index is 1.70. The van der Waals surface area contributed by atoms with Gasteiger partial charge in [0.25, 0.3) is 0 Å². The smallest absolute Gasteiger partial charge is 0.187 e. The minimum absolute atomic E-state index is 0.781. The van der Waals surface area contributed by atoms with Crippen LogP contribution in [0, 0.1) is 0 Å². The van der Waals surface area contributed by atoms with E-state index in [2.05, 4.69) is 21.3 Å². The zero-order valence-corrected chi connectivity index (χ0v) is 11.7. The fraction of sp³-hybridized carbons (Fsp3) is 0.286. The Morgan fingerprint density at radius 1 is 1.15 bits per heavy atom. The highest BCUT2D eigenvalue weighted by Gasteiger charge is 2.15. The number of morpholine rings is 1. The van der Waals surface area contributed by atoms with Crippen LogP contribution in [0.5, 0.6) is 0 Å². The highest BCUT2D eigenvalue weighted by Crippen LogP contribution is 2.25. The monoisotopic (exact) mass is 286 g/mol. The largest absolute Gasteiger partial charge is 0.378 e. The first-order valence-corrected chi connectivity index (χ1v) is 7.50. The molecule has 0 saturated carbocycles. The van der Waals surface area contributed by atoms with E-state index in [0.717, 1.165) is 48.3 Å². The van der Waals surface area contributed by atoms with Gasteiger partial charge in [-0.05, 0) is 12.1 Å². The van der Waals surface area contributed by atoms with Crippen molar-refractivity contribution in [1.82, 2.24) is 14.5 Å². The lowest BCUT2D eigenvalue weighted by Crippen LogP contribution is -2.36. The first kappa shape index (κ1) is 11.9. The number of fused-ring (bicyclic) bond motifs is 1. The molecule has 0 N–H and O–H groups in total. The summed E-state index contributed by atoms with van der Waals surface area (Å²) in [6.45, 7) is 3.39. The Morgan fingerprint density at radius 3 is 2.90 bits per heavy atom. The maximum atomic E-state index is 5.38. The summed E-state index contributed by atoms with van der Waals surface area (Å²) in [5.41, 5.74) is 2.08. The minimum atomic E-state index is 0.781. The predicted octanol–water partition coefficient (Wildman–Crippen LogP) is 2.32. The molecule has 0 amide bonds. The van der Waals surface area contributed by atoms with Gasteiger partial charge < -0.3 is 9.64 Å². The highest BCUT2D eigenvalue weighted by molar-refractivity contribution is 7.14. The number of ether oxygens (including phenoxy) is 1. The van der Waals surface area contributed by atoms with E-state index < -0.39 is 0 Å². The van der Waals surface area contributed by atoms with Crippen molar-refractivity contribution < 1.29 is 4.74 Å². The van der Waals surface area contributed by atoms with Gasteiger partial charge >= 0.3 is 0 Å². The van der Waals surface area contributed by atoms with E-state index in [0.29, 0.717) is 0 Å². The van der Waals surface area contributed by atoms with Crippen molar-refractivity contribution in [2.24, 2.45) is 0 Å². The quantitative estimate of drug-likeness (QED) is 0.725. The number of para-hydroxylation sites is 2. The standard InChI is InChI=1S/C14H14N4OS/c1-2-4-12-11(3-1)15-10-18(12)13-9-20-14(16-13)17-5-7-19-8-6-17/h1-4,9-10H,5-8H2. The maximum absolute atomic E-state index is 5.38. The molecular formula is C14H14N4OS. The van der Waals surface area contributed by atoms with E-state index in [4.69, 9.17) is 9.72 Å². The molecule has 20 heavy (non-hydrogen) atoms. The Labute approximate surface area is 120 Å². The van der Waals surface area contributed by atoms with Crippen molar-refractivity contribution in [3.05, 3.63) is 36.0 Å². The van der Waals surface area contributed by atoms with Gasteiger partial charge in [0, 0.05) is 18.5 Å². The van der Waals surface area contributed by atoms with Gasteiger partial charge in [-0.2, -0.15) is 0 Å². The molecule has 1 aliphatic rings. The predicted molar refractivity (Wildman–Crippen MR) is 79.8 cm³/mol. The lowest BCUT2D eigenvalue weighted by molar-refractivity contribution is 0.122. The highest BCUT2D eigenvalue weighted by atomic mass is 32.1. The number of thiazole rings is 1. The first-order chi connectivity index (χ1) is 9.92. The third kappa shape index (κ3) is 1.97. The van der Waals surface area contributed by atoms with Crippen LogP contribution in [0.15, 0.2) is 36.0 Å². The maximum Gasteiger partial charge on any atom is 0.187 e. The van der Waals surface area contributed by atoms with Gasteiger partial charge in [-0.25, -0.2) is 9.97 Å². The summed E-state index contributed by atoms with van der Waals surface area (Å²) >= 11 is 1.67. The molecule has 1 aliphatic heterocycles. The van der Waals surface area contributed by atoms with Crippen LogP contribution in [0.1, 0.15) is 0 Å².